The summed E-state index contributed by atoms with van der Waals surface area (Å²) in [6.07, 6.45) is 4.26. The number of nitrogens with zero attached hydrogens (tertiary/aromatic N) is 1. The molecule has 0 fully saturated rings. The molecule has 0 amide bonds. The van der Waals surface area contributed by atoms with E-state index in [1.54, 1.807) is 0 Å². The van der Waals surface area contributed by atoms with Crippen LogP contribution in [-0.2, 0) is 0 Å². The van der Waals surface area contributed by atoms with E-state index in [0.29, 0.717) is 0 Å². The first-order valence-corrected chi connectivity index (χ1v) is 4.27. The van der Waals surface area contributed by atoms with Crippen molar-refractivity contribution in [3.63, 3.8) is 0 Å². The smallest absolute Gasteiger partial charge is 0.0943 e. The topological polar surface area (TPSA) is 23.8 Å². The molecule has 12 heavy (non-hydrogen) atoms. The molecule has 0 saturated carbocycles. The van der Waals surface area contributed by atoms with E-state index in [1.807, 2.05) is 13.8 Å². The summed E-state index contributed by atoms with van der Waals surface area (Å²) in [5, 5.41) is 8.59. The molecule has 0 N–H and O–H groups in total. The Morgan fingerprint density at radius 1 is 1.25 bits per heavy atom. The van der Waals surface area contributed by atoms with Crippen molar-refractivity contribution >= 4 is 0 Å². The summed E-state index contributed by atoms with van der Waals surface area (Å²) in [7, 11) is 0. The molecule has 0 aromatic rings. The molecule has 0 saturated heterocycles. The van der Waals surface area contributed by atoms with Gasteiger partial charge in [0.2, 0.25) is 0 Å². The minimum Gasteiger partial charge on any atom is -0.193 e. The summed E-state index contributed by atoms with van der Waals surface area (Å²) in [6, 6.07) is 2.16. The zero-order valence-electron chi connectivity index (χ0n) is 8.44. The second kappa shape index (κ2) is 5.60. The van der Waals surface area contributed by atoms with Crippen molar-refractivity contribution in [3.05, 3.63) is 22.8 Å². The largest absolute Gasteiger partial charge is 0.193 e. The molecule has 1 nitrogen and oxygen atoms in total. The van der Waals surface area contributed by atoms with Gasteiger partial charge in [-0.1, -0.05) is 17.2 Å². The summed E-state index contributed by atoms with van der Waals surface area (Å²) in [5.41, 5.74) is 3.41. The lowest BCUT2D eigenvalue weighted by atomic mass is 10.1. The Labute approximate surface area is 75.4 Å². The van der Waals surface area contributed by atoms with Crippen molar-refractivity contribution in [2.45, 2.75) is 40.5 Å². The van der Waals surface area contributed by atoms with Crippen LogP contribution in [0.25, 0.3) is 0 Å². The van der Waals surface area contributed by atoms with Crippen LogP contribution in [0, 0.1) is 11.3 Å². The molecule has 0 aromatic heterocycles. The van der Waals surface area contributed by atoms with Crippen LogP contribution in [0.5, 0.6) is 0 Å². The molecule has 0 aromatic carbocycles. The van der Waals surface area contributed by atoms with Crippen LogP contribution in [0.3, 0.4) is 0 Å². The van der Waals surface area contributed by atoms with Crippen molar-refractivity contribution in [2.24, 2.45) is 0 Å². The lowest BCUT2D eigenvalue weighted by Crippen LogP contribution is -1.81. The highest BCUT2D eigenvalue weighted by atomic mass is 14.2. The minimum absolute atomic E-state index is 0.858. The molecule has 0 bridgehead atoms. The van der Waals surface area contributed by atoms with Gasteiger partial charge in [0.05, 0.1) is 6.07 Å². The summed E-state index contributed by atoms with van der Waals surface area (Å²) in [4.78, 5) is 0. The molecule has 0 unspecified atom stereocenters. The molecular weight excluding hydrogens is 146 g/mol. The quantitative estimate of drug-likeness (QED) is 0.460. The van der Waals surface area contributed by atoms with E-state index in [4.69, 9.17) is 5.26 Å². The van der Waals surface area contributed by atoms with Gasteiger partial charge < -0.3 is 0 Å². The van der Waals surface area contributed by atoms with Crippen molar-refractivity contribution in [3.8, 4) is 6.07 Å². The predicted octanol–water partition coefficient (Wildman–Crippen LogP) is 3.59. The van der Waals surface area contributed by atoms with Crippen molar-refractivity contribution in [2.75, 3.05) is 0 Å². The molecule has 0 radical (unpaired) electrons. The van der Waals surface area contributed by atoms with E-state index >= 15 is 0 Å². The van der Waals surface area contributed by atoms with Crippen LogP contribution in [0.15, 0.2) is 22.8 Å². The normalized spacial score (nSPS) is 11.6. The average molecular weight is 163 g/mol. The van der Waals surface area contributed by atoms with Crippen molar-refractivity contribution < 1.29 is 0 Å². The summed E-state index contributed by atoms with van der Waals surface area (Å²) < 4.78 is 0. The molecule has 0 atom stereocenters. The molecule has 0 spiro atoms. The van der Waals surface area contributed by atoms with Crippen LogP contribution >= 0.6 is 0 Å². The van der Waals surface area contributed by atoms with Crippen LogP contribution < -0.4 is 0 Å². The lowest BCUT2D eigenvalue weighted by Gasteiger charge is -1.98. The Bertz CT molecular complexity index is 234. The number of hydrogen-bond acceptors (Lipinski definition) is 1. The Hall–Kier alpha value is -1.03. The zero-order chi connectivity index (χ0) is 9.56. The van der Waals surface area contributed by atoms with E-state index in [9.17, 15) is 0 Å². The van der Waals surface area contributed by atoms with Crippen LogP contribution in [0.4, 0.5) is 0 Å². The molecular formula is C11H17N. The third-order valence-corrected chi connectivity index (χ3v) is 1.88. The maximum atomic E-state index is 8.59. The van der Waals surface area contributed by atoms with Crippen molar-refractivity contribution in [1.82, 2.24) is 0 Å². The van der Waals surface area contributed by atoms with Gasteiger partial charge in [-0.3, -0.25) is 0 Å². The van der Waals surface area contributed by atoms with Crippen LogP contribution in [-0.4, -0.2) is 0 Å². The first-order valence-electron chi connectivity index (χ1n) is 4.27. The third-order valence-electron chi connectivity index (χ3n) is 1.88. The number of rotatable bonds is 3. The maximum Gasteiger partial charge on any atom is 0.0943 e. The fourth-order valence-electron chi connectivity index (χ4n) is 0.860. The molecule has 1 heteroatoms. The number of hydrogen-bond donors (Lipinski definition) is 0. The first-order chi connectivity index (χ1) is 5.57. The highest BCUT2D eigenvalue weighted by Gasteiger charge is 1.93. The summed E-state index contributed by atoms with van der Waals surface area (Å²) in [5.74, 6) is 0. The van der Waals surface area contributed by atoms with Crippen molar-refractivity contribution in [1.29, 1.82) is 5.26 Å². The minimum atomic E-state index is 0.858. The maximum absolute atomic E-state index is 8.59. The fourth-order valence-corrected chi connectivity index (χ4v) is 0.860. The van der Waals surface area contributed by atoms with E-state index in [0.717, 1.165) is 18.4 Å². The second-order valence-electron chi connectivity index (χ2n) is 3.34. The SMILES string of the molecule is CC(C)=CCCC(C)=C(C)C#N. The van der Waals surface area contributed by atoms with Gasteiger partial charge >= 0.3 is 0 Å². The Morgan fingerprint density at radius 3 is 2.25 bits per heavy atom. The molecule has 0 rings (SSSR count). The second-order valence-corrected chi connectivity index (χ2v) is 3.34. The average Bonchev–Trinajstić information content (AvgIpc) is 2.02. The van der Waals surface area contributed by atoms with E-state index in [1.165, 1.54) is 11.1 Å². The third kappa shape index (κ3) is 4.73. The predicted molar refractivity (Wildman–Crippen MR) is 52.7 cm³/mol. The fraction of sp³-hybridized carbons (Fsp3) is 0.545. The molecule has 0 heterocycles. The van der Waals surface area contributed by atoms with Gasteiger partial charge in [0.15, 0.2) is 0 Å². The van der Waals surface area contributed by atoms with E-state index < -0.39 is 0 Å². The molecule has 0 aliphatic carbocycles. The number of nitriles is 1. The monoisotopic (exact) mass is 163 g/mol. The van der Waals surface area contributed by atoms with Crippen LogP contribution in [0.2, 0.25) is 0 Å². The van der Waals surface area contributed by atoms with Gasteiger partial charge in [0, 0.05) is 5.57 Å². The highest BCUT2D eigenvalue weighted by Crippen LogP contribution is 2.10. The standard InChI is InChI=1S/C11H17N/c1-9(2)6-5-7-10(3)11(4)8-12/h6H,5,7H2,1-4H3. The van der Waals surface area contributed by atoms with Crippen LogP contribution in [0.1, 0.15) is 40.5 Å². The molecule has 0 aliphatic heterocycles. The highest BCUT2D eigenvalue weighted by molar-refractivity contribution is 5.24. The lowest BCUT2D eigenvalue weighted by molar-refractivity contribution is 0.954. The van der Waals surface area contributed by atoms with Gasteiger partial charge in [-0.05, 0) is 40.5 Å². The van der Waals surface area contributed by atoms with Gasteiger partial charge in [-0.2, -0.15) is 5.26 Å². The Morgan fingerprint density at radius 2 is 1.83 bits per heavy atom. The van der Waals surface area contributed by atoms with Gasteiger partial charge in [-0.25, -0.2) is 0 Å². The van der Waals surface area contributed by atoms with Gasteiger partial charge in [0.1, 0.15) is 0 Å². The van der Waals surface area contributed by atoms with Gasteiger partial charge in [-0.15, -0.1) is 0 Å². The molecule has 0 aliphatic rings. The summed E-state index contributed by atoms with van der Waals surface area (Å²) >= 11 is 0. The van der Waals surface area contributed by atoms with Gasteiger partial charge in [0.25, 0.3) is 0 Å². The first kappa shape index (κ1) is 11.0. The Balaban J connectivity index is 3.97. The zero-order valence-corrected chi connectivity index (χ0v) is 8.44. The van der Waals surface area contributed by atoms with E-state index in [2.05, 4.69) is 26.0 Å². The van der Waals surface area contributed by atoms with E-state index in [-0.39, 0.29) is 0 Å². The Kier molecular flexibility index (Phi) is 5.12. The number of allylic oxidation sites excluding steroid dienone is 4. The summed E-state index contributed by atoms with van der Waals surface area (Å²) in [6.45, 7) is 8.08. The molecule has 66 valence electrons.